The van der Waals surface area contributed by atoms with Crippen LogP contribution < -0.4 is 15.5 Å². The van der Waals surface area contributed by atoms with E-state index in [0.29, 0.717) is 60.5 Å². The quantitative estimate of drug-likeness (QED) is 0.152. The molecule has 5 heterocycles. The van der Waals surface area contributed by atoms with Crippen molar-refractivity contribution >= 4 is 63.2 Å². The average Bonchev–Trinajstić information content (AvgIpc) is 3.60. The fraction of sp³-hybridized carbons (Fsp3) is 0.550. The van der Waals surface area contributed by atoms with Gasteiger partial charge in [0, 0.05) is 37.4 Å². The molecule has 3 aliphatic heterocycles. The van der Waals surface area contributed by atoms with E-state index >= 15 is 8.78 Å². The number of amides is 4. The first-order valence-electron chi connectivity index (χ1n) is 19.8. The number of nitrogens with zero attached hydrogens (tertiary/aromatic N) is 7. The molecule has 1 aliphatic carbocycles. The number of thiocarbonyl (C=S) groups is 1. The smallest absolute Gasteiger partial charge is 0.378 e. The second kappa shape index (κ2) is 16.4. The molecule has 3 aromatic rings. The van der Waals surface area contributed by atoms with Crippen molar-refractivity contribution in [3.63, 3.8) is 0 Å². The van der Waals surface area contributed by atoms with E-state index in [1.807, 2.05) is 0 Å². The van der Waals surface area contributed by atoms with Crippen LogP contribution in [-0.4, -0.2) is 103 Å². The Hall–Kier alpha value is -5.13. The standard InChI is InChI=1S/C40H44F5N9O5S/c1-38(2)36(58)53(24-17-28(40(43,44)45)30(18-46)47-19-24)37(60)54(38)23-7-9-25(10-8-23)59-16-14-22-13-15-52(21-39(22,41)42)20-32(56)48-29-6-4-5-26-33(50-51(3)34(26)29)27-11-12-31(55)49-35(27)57/h4-6,17,19,22-23,25,27H,7-16,20-21H2,1-3H3,(H,48,56)(H,49,55,57)/t22?,23-,25-,27?. The lowest BCUT2D eigenvalue weighted by Gasteiger charge is -2.41. The minimum Gasteiger partial charge on any atom is -0.378 e. The van der Waals surface area contributed by atoms with Gasteiger partial charge >= 0.3 is 6.18 Å². The first-order valence-corrected chi connectivity index (χ1v) is 20.2. The number of nitriles is 1. The number of rotatable bonds is 10. The molecule has 3 saturated heterocycles. The molecule has 2 atom stereocenters. The minimum absolute atomic E-state index is 0.0338. The molecule has 4 aliphatic rings. The predicted octanol–water partition coefficient (Wildman–Crippen LogP) is 5.40. The summed E-state index contributed by atoms with van der Waals surface area (Å²) < 4.78 is 79.6. The van der Waals surface area contributed by atoms with Gasteiger partial charge in [-0.15, -0.1) is 0 Å². The molecule has 60 heavy (non-hydrogen) atoms. The van der Waals surface area contributed by atoms with Gasteiger partial charge in [0.25, 0.3) is 11.8 Å². The van der Waals surface area contributed by atoms with Crippen LogP contribution in [0.25, 0.3) is 10.9 Å². The van der Waals surface area contributed by atoms with Crippen LogP contribution in [0.3, 0.4) is 0 Å². The molecule has 0 radical (unpaired) electrons. The van der Waals surface area contributed by atoms with Gasteiger partial charge in [-0.1, -0.05) is 12.1 Å². The normalized spacial score (nSPS) is 24.8. The molecule has 4 fully saturated rings. The predicted molar refractivity (Wildman–Crippen MR) is 211 cm³/mol. The molecule has 0 spiro atoms. The zero-order valence-electron chi connectivity index (χ0n) is 33.2. The van der Waals surface area contributed by atoms with Crippen molar-refractivity contribution in [1.29, 1.82) is 5.26 Å². The number of aryl methyl sites for hydroxylation is 1. The third kappa shape index (κ3) is 8.31. The van der Waals surface area contributed by atoms with Gasteiger partial charge in [-0.25, -0.2) is 13.8 Å². The van der Waals surface area contributed by atoms with Crippen molar-refractivity contribution < 1.29 is 45.9 Å². The van der Waals surface area contributed by atoms with Crippen LogP contribution in [0, 0.1) is 17.2 Å². The topological polar surface area (TPSA) is 166 Å². The summed E-state index contributed by atoms with van der Waals surface area (Å²) in [6.45, 7) is 2.84. The third-order valence-electron chi connectivity index (χ3n) is 12.0. The number of carbonyl (C=O) groups excluding carboxylic acids is 4. The monoisotopic (exact) mass is 857 g/mol. The number of piperidine rings is 2. The van der Waals surface area contributed by atoms with Gasteiger partial charge in [0.1, 0.15) is 11.6 Å². The Morgan fingerprint density at radius 1 is 1.12 bits per heavy atom. The van der Waals surface area contributed by atoms with Gasteiger partial charge in [-0.05, 0) is 89.7 Å². The number of anilines is 2. The van der Waals surface area contributed by atoms with Gasteiger partial charge in [0.15, 0.2) is 10.8 Å². The van der Waals surface area contributed by atoms with Gasteiger partial charge in [0.05, 0.1) is 59.5 Å². The largest absolute Gasteiger partial charge is 0.419 e. The minimum atomic E-state index is -4.87. The number of para-hydroxylation sites is 1. The number of halogens is 5. The van der Waals surface area contributed by atoms with E-state index < -0.39 is 65.0 Å². The Bertz CT molecular complexity index is 2270. The summed E-state index contributed by atoms with van der Waals surface area (Å²) in [4.78, 5) is 58.8. The number of pyridine rings is 1. The van der Waals surface area contributed by atoms with Crippen LogP contribution in [0.4, 0.5) is 33.3 Å². The Kier molecular flexibility index (Phi) is 11.7. The van der Waals surface area contributed by atoms with Crippen LogP contribution >= 0.6 is 12.2 Å². The summed E-state index contributed by atoms with van der Waals surface area (Å²) in [7, 11) is 1.68. The maximum absolute atomic E-state index is 15.5. The summed E-state index contributed by atoms with van der Waals surface area (Å²) in [5.74, 6) is -6.41. The van der Waals surface area contributed by atoms with E-state index in [2.05, 4.69) is 20.7 Å². The van der Waals surface area contributed by atoms with Gasteiger partial charge in [-0.2, -0.15) is 23.5 Å². The van der Waals surface area contributed by atoms with Crippen molar-refractivity contribution in [2.45, 2.75) is 101 Å². The summed E-state index contributed by atoms with van der Waals surface area (Å²) in [6, 6.07) is 7.07. The number of hydrogen-bond donors (Lipinski definition) is 2. The number of aromatic nitrogens is 3. The Morgan fingerprint density at radius 2 is 1.85 bits per heavy atom. The van der Waals surface area contributed by atoms with Gasteiger partial charge < -0.3 is 15.0 Å². The summed E-state index contributed by atoms with van der Waals surface area (Å²) in [5.41, 5.74) is -1.96. The van der Waals surface area contributed by atoms with E-state index in [1.54, 1.807) is 48.7 Å². The summed E-state index contributed by atoms with van der Waals surface area (Å²) in [6.07, 6.45) is -1.08. The summed E-state index contributed by atoms with van der Waals surface area (Å²) >= 11 is 5.66. The van der Waals surface area contributed by atoms with E-state index in [4.69, 9.17) is 22.2 Å². The van der Waals surface area contributed by atoms with Crippen molar-refractivity contribution in [2.24, 2.45) is 13.0 Å². The van der Waals surface area contributed by atoms with Crippen LogP contribution in [-0.2, 0) is 37.1 Å². The highest BCUT2D eigenvalue weighted by Crippen LogP contribution is 2.41. The van der Waals surface area contributed by atoms with Gasteiger partial charge in [0.2, 0.25) is 17.7 Å². The molecule has 14 nitrogen and oxygen atoms in total. The van der Waals surface area contributed by atoms with E-state index in [1.165, 1.54) is 11.0 Å². The number of nitrogens with one attached hydrogen (secondary N) is 2. The third-order valence-corrected chi connectivity index (χ3v) is 12.4. The maximum Gasteiger partial charge on any atom is 0.419 e. The second-order valence-corrected chi connectivity index (χ2v) is 16.7. The molecule has 1 aromatic carbocycles. The molecule has 2 unspecified atom stereocenters. The molecule has 2 aromatic heterocycles. The first kappa shape index (κ1) is 43.0. The van der Waals surface area contributed by atoms with Crippen molar-refractivity contribution in [3.8, 4) is 6.07 Å². The fourth-order valence-corrected chi connectivity index (χ4v) is 9.56. The number of imide groups is 1. The molecule has 20 heteroatoms. The number of carbonyl (C=O) groups is 4. The van der Waals surface area contributed by atoms with Crippen molar-refractivity contribution in [2.75, 3.05) is 36.5 Å². The Labute approximate surface area is 347 Å². The zero-order valence-corrected chi connectivity index (χ0v) is 34.0. The molecule has 320 valence electrons. The number of ether oxygens (including phenoxy) is 1. The van der Waals surface area contributed by atoms with Crippen molar-refractivity contribution in [1.82, 2.24) is 29.9 Å². The van der Waals surface area contributed by atoms with Crippen molar-refractivity contribution in [3.05, 3.63) is 47.4 Å². The summed E-state index contributed by atoms with van der Waals surface area (Å²) in [5, 5.41) is 19.5. The molecular formula is C40H44F5N9O5S. The Balaban J connectivity index is 0.885. The second-order valence-electron chi connectivity index (χ2n) is 16.4. The maximum atomic E-state index is 15.5. The molecule has 0 bridgehead atoms. The van der Waals surface area contributed by atoms with E-state index in [0.717, 1.165) is 11.1 Å². The highest BCUT2D eigenvalue weighted by Gasteiger charge is 2.53. The lowest BCUT2D eigenvalue weighted by Crippen LogP contribution is -2.51. The number of likely N-dealkylation sites (tertiary alicyclic amines) is 1. The number of benzene rings is 1. The van der Waals surface area contributed by atoms with Crippen LogP contribution in [0.1, 0.15) is 88.1 Å². The highest BCUT2D eigenvalue weighted by atomic mass is 32.1. The van der Waals surface area contributed by atoms with Crippen LogP contribution in [0.15, 0.2) is 30.5 Å². The number of fused-ring (bicyclic) bond motifs is 1. The molecular weight excluding hydrogens is 814 g/mol. The van der Waals surface area contributed by atoms with E-state index in [-0.39, 0.29) is 67.8 Å². The number of alkyl halides is 5. The van der Waals surface area contributed by atoms with Gasteiger partial charge in [-0.3, -0.25) is 39.0 Å². The molecule has 7 rings (SSSR count). The molecule has 4 amide bonds. The van der Waals surface area contributed by atoms with Crippen LogP contribution in [0.2, 0.25) is 0 Å². The Morgan fingerprint density at radius 3 is 2.52 bits per heavy atom. The SMILES string of the molecule is Cn1nc(C2CCC(=O)NC2=O)c2cccc(NC(=O)CN3CCC(CCO[C@H]4CC[C@H](N5C(=S)N(c6cnc(C#N)c(C(F)(F)F)c6)C(=O)C5(C)C)CC4)C(F)(F)C3)c21. The lowest BCUT2D eigenvalue weighted by atomic mass is 9.88. The molecule has 2 N–H and O–H groups in total. The first-order chi connectivity index (χ1) is 28.3. The molecule has 1 saturated carbocycles. The highest BCUT2D eigenvalue weighted by molar-refractivity contribution is 7.80. The van der Waals surface area contributed by atoms with E-state index in [9.17, 15) is 32.3 Å². The average molecular weight is 858 g/mol. The van der Waals surface area contributed by atoms with Crippen LogP contribution in [0.5, 0.6) is 0 Å². The zero-order chi connectivity index (χ0) is 43.3. The lowest BCUT2D eigenvalue weighted by molar-refractivity contribution is -0.138. The fourth-order valence-electron chi connectivity index (χ4n) is 9.00. The number of hydrogen-bond acceptors (Lipinski definition) is 10.